The molecule has 0 aliphatic carbocycles. The molecule has 3 aromatic heterocycles. The third-order valence-corrected chi connectivity index (χ3v) is 5.30. The Morgan fingerprint density at radius 1 is 1.05 bits per heavy atom. The Morgan fingerprint density at radius 3 is 2.29 bits per heavy atom. The predicted octanol–water partition coefficient (Wildman–Crippen LogP) is 4.27. The zero-order valence-electron chi connectivity index (χ0n) is 20.6. The van der Waals surface area contributed by atoms with E-state index in [-0.39, 0.29) is 34.3 Å². The van der Waals surface area contributed by atoms with Gasteiger partial charge in [-0.3, -0.25) is 0 Å². The largest absolute Gasteiger partial charge is 0.497 e. The van der Waals surface area contributed by atoms with Gasteiger partial charge in [0.2, 0.25) is 5.95 Å². The van der Waals surface area contributed by atoms with Gasteiger partial charge in [-0.05, 0) is 12.1 Å². The van der Waals surface area contributed by atoms with E-state index in [1.54, 1.807) is 32.3 Å². The van der Waals surface area contributed by atoms with Gasteiger partial charge >= 0.3 is 12.1 Å². The van der Waals surface area contributed by atoms with Gasteiger partial charge in [0, 0.05) is 67.7 Å². The fourth-order valence-corrected chi connectivity index (χ4v) is 3.53. The summed E-state index contributed by atoms with van der Waals surface area (Å²) in [6.45, 7) is 0. The first kappa shape index (κ1) is 26.2. The van der Waals surface area contributed by atoms with Gasteiger partial charge in [0.15, 0.2) is 11.5 Å². The number of nitrogens with zero attached hydrogens (tertiary/aromatic N) is 6. The maximum absolute atomic E-state index is 13.3. The zero-order chi connectivity index (χ0) is 27.6. The van der Waals surface area contributed by atoms with E-state index in [4.69, 9.17) is 9.47 Å². The van der Waals surface area contributed by atoms with Crippen LogP contribution in [0.2, 0.25) is 0 Å². The maximum atomic E-state index is 13.3. The van der Waals surface area contributed by atoms with E-state index in [2.05, 4.69) is 25.4 Å². The van der Waals surface area contributed by atoms with E-state index in [1.165, 1.54) is 37.6 Å². The van der Waals surface area contributed by atoms with Gasteiger partial charge in [0.05, 0.1) is 14.2 Å². The summed E-state index contributed by atoms with van der Waals surface area (Å²) in [7, 11) is 6.25. The summed E-state index contributed by atoms with van der Waals surface area (Å²) in [5.41, 5.74) is -0.277. The number of carboxylic acids is 1. The number of benzene rings is 1. The lowest BCUT2D eigenvalue weighted by molar-refractivity contribution is -0.141. The molecule has 198 valence electrons. The van der Waals surface area contributed by atoms with Gasteiger partial charge in [0.1, 0.15) is 22.9 Å². The van der Waals surface area contributed by atoms with Crippen LogP contribution in [0.1, 0.15) is 16.1 Å². The van der Waals surface area contributed by atoms with E-state index in [1.807, 2.05) is 0 Å². The maximum Gasteiger partial charge on any atom is 0.435 e. The van der Waals surface area contributed by atoms with Crippen LogP contribution in [-0.2, 0) is 6.18 Å². The zero-order valence-corrected chi connectivity index (χ0v) is 20.6. The number of anilines is 3. The van der Waals surface area contributed by atoms with Crippen molar-refractivity contribution in [3.8, 4) is 28.4 Å². The van der Waals surface area contributed by atoms with Gasteiger partial charge < -0.3 is 24.8 Å². The van der Waals surface area contributed by atoms with E-state index in [0.29, 0.717) is 17.2 Å². The highest BCUT2D eigenvalue weighted by molar-refractivity contribution is 5.95. The molecule has 2 N–H and O–H groups in total. The van der Waals surface area contributed by atoms with Crippen molar-refractivity contribution >= 4 is 23.4 Å². The number of aromatic nitrogens is 5. The molecule has 38 heavy (non-hydrogen) atoms. The summed E-state index contributed by atoms with van der Waals surface area (Å²) in [5.74, 6) is -0.0672. The van der Waals surface area contributed by atoms with Crippen LogP contribution in [0.5, 0.6) is 11.5 Å². The summed E-state index contributed by atoms with van der Waals surface area (Å²) < 4.78 is 51.3. The monoisotopic (exact) mass is 529 g/mol. The first-order valence-corrected chi connectivity index (χ1v) is 10.9. The molecule has 11 nitrogen and oxygen atoms in total. The van der Waals surface area contributed by atoms with Crippen LogP contribution in [0.4, 0.5) is 30.6 Å². The van der Waals surface area contributed by atoms with Crippen LogP contribution in [0, 0.1) is 0 Å². The second kappa shape index (κ2) is 10.2. The molecule has 0 aliphatic heterocycles. The Labute approximate surface area is 214 Å². The Kier molecular flexibility index (Phi) is 7.06. The molecule has 0 saturated carbocycles. The smallest absolute Gasteiger partial charge is 0.435 e. The van der Waals surface area contributed by atoms with Gasteiger partial charge in [-0.15, -0.1) is 0 Å². The summed E-state index contributed by atoms with van der Waals surface area (Å²) in [6, 6.07) is 7.12. The molecule has 0 amide bonds. The van der Waals surface area contributed by atoms with Crippen molar-refractivity contribution in [3.05, 3.63) is 60.2 Å². The molecule has 0 saturated heterocycles. The number of carboxylic acid groups (broad SMARTS) is 1. The standard InChI is InChI=1S/C24H22F3N7O4/c1-33(2)20-17(22(35)36)7-13(11-28-20)18-12-29-23(30-14-8-15(37-3)10-16(9-14)38-4)31-21(18)34-6-5-19(32-34)24(25,26)27/h5-12H,1-4H3,(H,35,36)(H,29,30,31). The SMILES string of the molecule is COc1cc(Nc2ncc(-c3cnc(N(C)C)c(C(=O)O)c3)c(-n3ccc(C(F)(F)F)n3)n2)cc(OC)c1. The molecular formula is C24H22F3N7O4. The van der Waals surface area contributed by atoms with Crippen LogP contribution in [0.3, 0.4) is 0 Å². The quantitative estimate of drug-likeness (QED) is 0.342. The molecule has 0 spiro atoms. The molecule has 3 heterocycles. The summed E-state index contributed by atoms with van der Waals surface area (Å²) >= 11 is 0. The van der Waals surface area contributed by atoms with Crippen molar-refractivity contribution < 1.29 is 32.5 Å². The first-order chi connectivity index (χ1) is 18.0. The number of aromatic carboxylic acids is 1. The normalized spacial score (nSPS) is 11.2. The number of methoxy groups -OCH3 is 2. The number of hydrogen-bond donors (Lipinski definition) is 2. The molecule has 1 aromatic carbocycles. The lowest BCUT2D eigenvalue weighted by atomic mass is 10.1. The highest BCUT2D eigenvalue weighted by atomic mass is 19.4. The molecule has 4 aromatic rings. The van der Waals surface area contributed by atoms with Crippen LogP contribution in [-0.4, -0.2) is 64.1 Å². The average Bonchev–Trinajstić information content (AvgIpc) is 3.39. The van der Waals surface area contributed by atoms with Crippen LogP contribution >= 0.6 is 0 Å². The van der Waals surface area contributed by atoms with Crippen molar-refractivity contribution in [1.82, 2.24) is 24.7 Å². The molecule has 4 rings (SSSR count). The lowest BCUT2D eigenvalue weighted by Crippen LogP contribution is -2.16. The molecular weight excluding hydrogens is 507 g/mol. The van der Waals surface area contributed by atoms with Crippen molar-refractivity contribution in [2.75, 3.05) is 38.5 Å². The molecule has 0 aliphatic rings. The third-order valence-electron chi connectivity index (χ3n) is 5.30. The number of rotatable bonds is 8. The Hall–Kier alpha value is -4.88. The number of ether oxygens (including phenoxy) is 2. The summed E-state index contributed by atoms with van der Waals surface area (Å²) in [4.78, 5) is 26.3. The summed E-state index contributed by atoms with van der Waals surface area (Å²) in [5, 5.41) is 16.3. The van der Waals surface area contributed by atoms with Gasteiger partial charge in [0.25, 0.3) is 0 Å². The predicted molar refractivity (Wildman–Crippen MR) is 132 cm³/mol. The highest BCUT2D eigenvalue weighted by Gasteiger charge is 2.34. The topological polar surface area (TPSA) is 128 Å². The van der Waals surface area contributed by atoms with Crippen LogP contribution in [0.25, 0.3) is 16.9 Å². The molecule has 0 bridgehead atoms. The van der Waals surface area contributed by atoms with Crippen molar-refractivity contribution in [1.29, 1.82) is 0 Å². The first-order valence-electron chi connectivity index (χ1n) is 10.9. The Morgan fingerprint density at radius 2 is 1.74 bits per heavy atom. The minimum absolute atomic E-state index is 0.0273. The highest BCUT2D eigenvalue weighted by Crippen LogP contribution is 2.32. The fraction of sp³-hybridized carbons (Fsp3) is 0.208. The van der Waals surface area contributed by atoms with Gasteiger partial charge in [-0.2, -0.15) is 23.3 Å². The van der Waals surface area contributed by atoms with Gasteiger partial charge in [-0.1, -0.05) is 0 Å². The van der Waals surface area contributed by atoms with Crippen molar-refractivity contribution in [2.45, 2.75) is 6.18 Å². The Balaban J connectivity index is 1.85. The number of pyridine rings is 1. The minimum Gasteiger partial charge on any atom is -0.497 e. The molecule has 0 unspecified atom stereocenters. The van der Waals surface area contributed by atoms with Crippen LogP contribution in [0.15, 0.2) is 48.9 Å². The van der Waals surface area contributed by atoms with Crippen molar-refractivity contribution in [2.24, 2.45) is 0 Å². The number of halogens is 3. The van der Waals surface area contributed by atoms with E-state index in [9.17, 15) is 23.1 Å². The van der Waals surface area contributed by atoms with Crippen LogP contribution < -0.4 is 19.7 Å². The average molecular weight is 529 g/mol. The van der Waals surface area contributed by atoms with E-state index in [0.717, 1.165) is 16.9 Å². The minimum atomic E-state index is -4.68. The lowest BCUT2D eigenvalue weighted by Gasteiger charge is -2.16. The van der Waals surface area contributed by atoms with Gasteiger partial charge in [-0.25, -0.2) is 19.4 Å². The third kappa shape index (κ3) is 5.43. The number of alkyl halides is 3. The number of carbonyl (C=O) groups is 1. The van der Waals surface area contributed by atoms with Crippen molar-refractivity contribution in [3.63, 3.8) is 0 Å². The number of hydrogen-bond acceptors (Lipinski definition) is 9. The number of nitrogens with one attached hydrogen (secondary N) is 1. The summed E-state index contributed by atoms with van der Waals surface area (Å²) in [6.07, 6.45) is -0.845. The van der Waals surface area contributed by atoms with E-state index >= 15 is 0 Å². The molecule has 0 atom stereocenters. The molecule has 0 radical (unpaired) electrons. The molecule has 0 fully saturated rings. The van der Waals surface area contributed by atoms with E-state index < -0.39 is 17.8 Å². The second-order valence-electron chi connectivity index (χ2n) is 8.10. The second-order valence-corrected chi connectivity index (χ2v) is 8.10. The molecule has 14 heteroatoms. The Bertz CT molecular complexity index is 1470. The fourth-order valence-electron chi connectivity index (χ4n) is 3.53.